The molecule has 0 saturated carbocycles. The lowest BCUT2D eigenvalue weighted by Crippen LogP contribution is -2.03. The van der Waals surface area contributed by atoms with Crippen molar-refractivity contribution in [2.24, 2.45) is 0 Å². The SMILES string of the molecule is CCCc1nc2cc(C(F)(F)F)ccc2s1. The lowest BCUT2D eigenvalue weighted by molar-refractivity contribution is -0.137. The van der Waals surface area contributed by atoms with E-state index in [1.165, 1.54) is 17.4 Å². The van der Waals surface area contributed by atoms with Gasteiger partial charge in [-0.25, -0.2) is 4.98 Å². The monoisotopic (exact) mass is 245 g/mol. The van der Waals surface area contributed by atoms with Crippen LogP contribution in [-0.2, 0) is 12.6 Å². The molecule has 86 valence electrons. The summed E-state index contributed by atoms with van der Waals surface area (Å²) in [7, 11) is 0. The maximum atomic E-state index is 12.4. The van der Waals surface area contributed by atoms with Crippen LogP contribution in [0.4, 0.5) is 13.2 Å². The summed E-state index contributed by atoms with van der Waals surface area (Å²) in [6.45, 7) is 2.02. The highest BCUT2D eigenvalue weighted by atomic mass is 32.1. The number of halogens is 3. The van der Waals surface area contributed by atoms with Crippen LogP contribution in [0.15, 0.2) is 18.2 Å². The average Bonchev–Trinajstić information content (AvgIpc) is 2.57. The zero-order valence-electron chi connectivity index (χ0n) is 8.64. The van der Waals surface area contributed by atoms with Crippen molar-refractivity contribution in [3.05, 3.63) is 28.8 Å². The normalized spacial score (nSPS) is 12.2. The van der Waals surface area contributed by atoms with Crippen molar-refractivity contribution in [2.45, 2.75) is 25.9 Å². The first-order valence-corrected chi connectivity index (χ1v) is 5.79. The van der Waals surface area contributed by atoms with Crippen LogP contribution in [0.3, 0.4) is 0 Å². The Bertz CT molecular complexity index is 501. The molecule has 0 saturated heterocycles. The van der Waals surface area contributed by atoms with E-state index >= 15 is 0 Å². The fourth-order valence-corrected chi connectivity index (χ4v) is 2.52. The summed E-state index contributed by atoms with van der Waals surface area (Å²) < 4.78 is 38.2. The number of hydrogen-bond acceptors (Lipinski definition) is 2. The smallest absolute Gasteiger partial charge is 0.241 e. The molecule has 2 rings (SSSR count). The maximum Gasteiger partial charge on any atom is 0.416 e. The maximum absolute atomic E-state index is 12.4. The molecule has 0 unspecified atom stereocenters. The number of hydrogen-bond donors (Lipinski definition) is 0. The Hall–Kier alpha value is -1.10. The van der Waals surface area contributed by atoms with Gasteiger partial charge in [0.2, 0.25) is 0 Å². The molecule has 0 aliphatic heterocycles. The fraction of sp³-hybridized carbons (Fsp3) is 0.364. The molecule has 0 bridgehead atoms. The number of alkyl halides is 3. The van der Waals surface area contributed by atoms with Gasteiger partial charge in [0, 0.05) is 0 Å². The molecule has 16 heavy (non-hydrogen) atoms. The molecule has 1 heterocycles. The van der Waals surface area contributed by atoms with Gasteiger partial charge < -0.3 is 0 Å². The quantitative estimate of drug-likeness (QED) is 0.770. The minimum atomic E-state index is -4.29. The standard InChI is InChI=1S/C11H10F3NS/c1-2-3-10-15-8-6-7(11(12,13)14)4-5-9(8)16-10/h4-6H,2-3H2,1H3. The highest BCUT2D eigenvalue weighted by molar-refractivity contribution is 7.18. The largest absolute Gasteiger partial charge is 0.416 e. The Balaban J connectivity index is 2.46. The molecule has 0 N–H and O–H groups in total. The van der Waals surface area contributed by atoms with Gasteiger partial charge in [0.05, 0.1) is 20.8 Å². The van der Waals surface area contributed by atoms with E-state index in [-0.39, 0.29) is 0 Å². The van der Waals surface area contributed by atoms with E-state index in [9.17, 15) is 13.2 Å². The van der Waals surface area contributed by atoms with E-state index in [1.807, 2.05) is 6.92 Å². The highest BCUT2D eigenvalue weighted by Crippen LogP contribution is 2.32. The second-order valence-electron chi connectivity index (χ2n) is 3.54. The van der Waals surface area contributed by atoms with Crippen LogP contribution in [0, 0.1) is 0 Å². The van der Waals surface area contributed by atoms with Crippen molar-refractivity contribution in [1.82, 2.24) is 4.98 Å². The van der Waals surface area contributed by atoms with Crippen LogP contribution < -0.4 is 0 Å². The summed E-state index contributed by atoms with van der Waals surface area (Å²) in [5.74, 6) is 0. The Morgan fingerprint density at radius 3 is 2.69 bits per heavy atom. The third-order valence-electron chi connectivity index (χ3n) is 2.22. The van der Waals surface area contributed by atoms with Gasteiger partial charge in [0.1, 0.15) is 0 Å². The molecule has 0 fully saturated rings. The number of rotatable bonds is 2. The Morgan fingerprint density at radius 2 is 2.06 bits per heavy atom. The van der Waals surface area contributed by atoms with Crippen LogP contribution in [-0.4, -0.2) is 4.98 Å². The van der Waals surface area contributed by atoms with Gasteiger partial charge in [-0.1, -0.05) is 6.92 Å². The number of thiazole rings is 1. The molecule has 0 amide bonds. The van der Waals surface area contributed by atoms with E-state index in [2.05, 4.69) is 4.98 Å². The summed E-state index contributed by atoms with van der Waals surface area (Å²) in [6.07, 6.45) is -2.52. The number of benzene rings is 1. The lowest BCUT2D eigenvalue weighted by Gasteiger charge is -2.04. The van der Waals surface area contributed by atoms with Crippen LogP contribution >= 0.6 is 11.3 Å². The summed E-state index contributed by atoms with van der Waals surface area (Å²) in [6, 6.07) is 3.72. The topological polar surface area (TPSA) is 12.9 Å². The summed E-state index contributed by atoms with van der Waals surface area (Å²) in [5, 5.41) is 0.900. The molecule has 5 heteroatoms. The molecule has 1 nitrogen and oxygen atoms in total. The molecule has 1 aromatic carbocycles. The zero-order chi connectivity index (χ0) is 11.8. The predicted octanol–water partition coefficient (Wildman–Crippen LogP) is 4.27. The Kier molecular flexibility index (Phi) is 2.88. The van der Waals surface area contributed by atoms with Crippen molar-refractivity contribution in [3.8, 4) is 0 Å². The van der Waals surface area contributed by atoms with Crippen LogP contribution in [0.2, 0.25) is 0 Å². The second kappa shape index (κ2) is 4.05. The highest BCUT2D eigenvalue weighted by Gasteiger charge is 2.30. The minimum absolute atomic E-state index is 0.447. The molecular weight excluding hydrogens is 235 g/mol. The van der Waals surface area contributed by atoms with Gasteiger partial charge in [-0.05, 0) is 31.0 Å². The average molecular weight is 245 g/mol. The Labute approximate surface area is 94.9 Å². The molecule has 0 radical (unpaired) electrons. The Morgan fingerprint density at radius 1 is 1.31 bits per heavy atom. The number of fused-ring (bicyclic) bond motifs is 1. The predicted molar refractivity (Wildman–Crippen MR) is 58.6 cm³/mol. The van der Waals surface area contributed by atoms with E-state index < -0.39 is 11.7 Å². The van der Waals surface area contributed by atoms with E-state index in [1.54, 1.807) is 0 Å². The van der Waals surface area contributed by atoms with E-state index in [0.29, 0.717) is 5.52 Å². The molecule has 0 atom stereocenters. The fourth-order valence-electron chi connectivity index (χ4n) is 1.47. The summed E-state index contributed by atoms with van der Waals surface area (Å²) in [5.41, 5.74) is -0.184. The number of nitrogens with zero attached hydrogens (tertiary/aromatic N) is 1. The van der Waals surface area contributed by atoms with Crippen LogP contribution in [0.1, 0.15) is 23.9 Å². The van der Waals surface area contributed by atoms with Crippen molar-refractivity contribution in [2.75, 3.05) is 0 Å². The number of aromatic nitrogens is 1. The zero-order valence-corrected chi connectivity index (χ0v) is 9.45. The molecule has 0 aliphatic rings. The lowest BCUT2D eigenvalue weighted by atomic mass is 10.2. The molecule has 0 spiro atoms. The van der Waals surface area contributed by atoms with Crippen molar-refractivity contribution in [3.63, 3.8) is 0 Å². The second-order valence-corrected chi connectivity index (χ2v) is 4.65. The third kappa shape index (κ3) is 2.19. The van der Waals surface area contributed by atoms with Crippen LogP contribution in [0.25, 0.3) is 10.2 Å². The van der Waals surface area contributed by atoms with Crippen LogP contribution in [0.5, 0.6) is 0 Å². The van der Waals surface area contributed by atoms with Crippen molar-refractivity contribution in [1.29, 1.82) is 0 Å². The summed E-state index contributed by atoms with van der Waals surface area (Å²) in [4.78, 5) is 4.20. The summed E-state index contributed by atoms with van der Waals surface area (Å²) >= 11 is 1.46. The van der Waals surface area contributed by atoms with Crippen molar-refractivity contribution < 1.29 is 13.2 Å². The third-order valence-corrected chi connectivity index (χ3v) is 3.32. The van der Waals surface area contributed by atoms with Crippen molar-refractivity contribution >= 4 is 21.6 Å². The first kappa shape index (κ1) is 11.4. The minimum Gasteiger partial charge on any atom is -0.241 e. The molecule has 0 aliphatic carbocycles. The van der Waals surface area contributed by atoms with Gasteiger partial charge in [0.25, 0.3) is 0 Å². The number of aryl methyl sites for hydroxylation is 1. The van der Waals surface area contributed by atoms with Gasteiger partial charge in [-0.2, -0.15) is 13.2 Å². The first-order chi connectivity index (χ1) is 7.50. The van der Waals surface area contributed by atoms with Gasteiger partial charge in [0.15, 0.2) is 0 Å². The van der Waals surface area contributed by atoms with Gasteiger partial charge in [-0.15, -0.1) is 11.3 Å². The first-order valence-electron chi connectivity index (χ1n) is 4.97. The van der Waals surface area contributed by atoms with E-state index in [0.717, 1.165) is 34.7 Å². The van der Waals surface area contributed by atoms with E-state index in [4.69, 9.17) is 0 Å². The molecule has 1 aromatic heterocycles. The van der Waals surface area contributed by atoms with Gasteiger partial charge >= 0.3 is 6.18 Å². The molecular formula is C11H10F3NS. The molecule has 2 aromatic rings. The van der Waals surface area contributed by atoms with Gasteiger partial charge in [-0.3, -0.25) is 0 Å².